The molecule has 0 aliphatic carbocycles. The van der Waals surface area contributed by atoms with Crippen LogP contribution in [0.3, 0.4) is 0 Å². The molecular formula is C16H28N2O2. The average molecular weight is 280 g/mol. The first kappa shape index (κ1) is 16.9. The molecule has 4 heteroatoms. The first-order chi connectivity index (χ1) is 9.76. The van der Waals surface area contributed by atoms with Crippen molar-refractivity contribution in [2.24, 2.45) is 0 Å². The highest BCUT2D eigenvalue weighted by molar-refractivity contribution is 5.13. The number of hydrogen-bond acceptors (Lipinski definition) is 4. The number of hydrogen-bond donors (Lipinski definition) is 1. The molecule has 20 heavy (non-hydrogen) atoms. The van der Waals surface area contributed by atoms with Gasteiger partial charge in [0.05, 0.1) is 18.9 Å². The number of aromatic nitrogens is 2. The van der Waals surface area contributed by atoms with Crippen LogP contribution in [0.5, 0.6) is 5.88 Å². The van der Waals surface area contributed by atoms with Gasteiger partial charge in [-0.05, 0) is 6.42 Å². The zero-order valence-corrected chi connectivity index (χ0v) is 12.8. The third kappa shape index (κ3) is 7.43. The molecule has 1 aromatic rings. The van der Waals surface area contributed by atoms with Gasteiger partial charge in [0.2, 0.25) is 5.88 Å². The third-order valence-corrected chi connectivity index (χ3v) is 3.49. The summed E-state index contributed by atoms with van der Waals surface area (Å²) in [5.74, 6) is 0.554. The second-order valence-electron chi connectivity index (χ2n) is 5.32. The van der Waals surface area contributed by atoms with Crippen molar-refractivity contribution >= 4 is 0 Å². The van der Waals surface area contributed by atoms with Crippen molar-refractivity contribution in [1.29, 1.82) is 0 Å². The predicted molar refractivity (Wildman–Crippen MR) is 80.9 cm³/mol. The zero-order valence-electron chi connectivity index (χ0n) is 12.8. The summed E-state index contributed by atoms with van der Waals surface area (Å²) in [6, 6.07) is 1.79. The summed E-state index contributed by atoms with van der Waals surface area (Å²) in [6.45, 7) is 2.23. The molecule has 1 atom stereocenters. The maximum atomic E-state index is 10.0. The second-order valence-corrected chi connectivity index (χ2v) is 5.32. The Morgan fingerprint density at radius 1 is 1.10 bits per heavy atom. The van der Waals surface area contributed by atoms with Crippen molar-refractivity contribution < 1.29 is 9.84 Å². The lowest BCUT2D eigenvalue weighted by Gasteiger charge is -2.10. The van der Waals surface area contributed by atoms with Crippen molar-refractivity contribution in [3.8, 4) is 5.88 Å². The molecule has 0 aliphatic heterocycles. The molecule has 1 N–H and O–H groups in total. The molecule has 0 saturated heterocycles. The van der Waals surface area contributed by atoms with Gasteiger partial charge in [-0.15, -0.1) is 0 Å². The summed E-state index contributed by atoms with van der Waals surface area (Å²) < 4.78 is 5.05. The van der Waals surface area contributed by atoms with Crippen LogP contribution in [0.15, 0.2) is 12.4 Å². The fraction of sp³-hybridized carbons (Fsp3) is 0.750. The maximum absolute atomic E-state index is 10.0. The van der Waals surface area contributed by atoms with Crippen molar-refractivity contribution in [1.82, 2.24) is 9.97 Å². The van der Waals surface area contributed by atoms with E-state index in [9.17, 15) is 5.11 Å². The largest absolute Gasteiger partial charge is 0.481 e. The molecule has 0 aromatic carbocycles. The van der Waals surface area contributed by atoms with Crippen molar-refractivity contribution in [3.63, 3.8) is 0 Å². The number of aliphatic hydroxyl groups excluding tert-OH is 1. The van der Waals surface area contributed by atoms with E-state index in [4.69, 9.17) is 4.74 Å². The topological polar surface area (TPSA) is 55.2 Å². The SMILES string of the molecule is CCCCCCCCCC(O)Cc1cc(OC)ncn1. The first-order valence-electron chi connectivity index (χ1n) is 7.79. The molecule has 1 rings (SSSR count). The highest BCUT2D eigenvalue weighted by Crippen LogP contribution is 2.13. The summed E-state index contributed by atoms with van der Waals surface area (Å²) in [7, 11) is 1.58. The van der Waals surface area contributed by atoms with E-state index in [1.54, 1.807) is 13.2 Å². The van der Waals surface area contributed by atoms with Gasteiger partial charge in [-0.25, -0.2) is 9.97 Å². The Labute approximate surface area is 122 Å². The van der Waals surface area contributed by atoms with Crippen LogP contribution in [-0.2, 0) is 6.42 Å². The first-order valence-corrected chi connectivity index (χ1v) is 7.79. The minimum absolute atomic E-state index is 0.315. The molecule has 0 spiro atoms. The summed E-state index contributed by atoms with van der Waals surface area (Å²) >= 11 is 0. The highest BCUT2D eigenvalue weighted by Gasteiger charge is 2.07. The van der Waals surface area contributed by atoms with Crippen molar-refractivity contribution in [2.45, 2.75) is 70.8 Å². The summed E-state index contributed by atoms with van der Waals surface area (Å²) in [5, 5.41) is 10.0. The smallest absolute Gasteiger partial charge is 0.216 e. The molecule has 1 aromatic heterocycles. The number of rotatable bonds is 11. The highest BCUT2D eigenvalue weighted by atomic mass is 16.5. The fourth-order valence-electron chi connectivity index (χ4n) is 2.28. The van der Waals surface area contributed by atoms with E-state index < -0.39 is 0 Å². The van der Waals surface area contributed by atoms with Crippen LogP contribution in [0, 0.1) is 0 Å². The molecule has 0 aliphatic rings. The molecule has 0 amide bonds. The summed E-state index contributed by atoms with van der Waals surface area (Å²) in [6.07, 6.45) is 11.5. The predicted octanol–water partition coefficient (Wildman–Crippen LogP) is 3.53. The van der Waals surface area contributed by atoms with E-state index in [0.717, 1.165) is 18.5 Å². The van der Waals surface area contributed by atoms with Gasteiger partial charge in [0, 0.05) is 12.5 Å². The Hall–Kier alpha value is -1.16. The van der Waals surface area contributed by atoms with E-state index in [1.165, 1.54) is 44.9 Å². The van der Waals surface area contributed by atoms with Gasteiger partial charge < -0.3 is 9.84 Å². The Kier molecular flexibility index (Phi) is 8.96. The van der Waals surface area contributed by atoms with Crippen molar-refractivity contribution in [2.75, 3.05) is 7.11 Å². The number of nitrogens with zero attached hydrogens (tertiary/aromatic N) is 2. The Morgan fingerprint density at radius 2 is 1.80 bits per heavy atom. The number of unbranched alkanes of at least 4 members (excludes halogenated alkanes) is 6. The number of aliphatic hydroxyl groups is 1. The van der Waals surface area contributed by atoms with Gasteiger partial charge in [0.1, 0.15) is 6.33 Å². The summed E-state index contributed by atoms with van der Waals surface area (Å²) in [5.41, 5.74) is 0.840. The van der Waals surface area contributed by atoms with Gasteiger partial charge >= 0.3 is 0 Å². The molecule has 1 heterocycles. The molecule has 0 saturated carbocycles. The third-order valence-electron chi connectivity index (χ3n) is 3.49. The molecule has 4 nitrogen and oxygen atoms in total. The van der Waals surface area contributed by atoms with Crippen molar-refractivity contribution in [3.05, 3.63) is 18.1 Å². The Morgan fingerprint density at radius 3 is 2.50 bits per heavy atom. The van der Waals surface area contributed by atoms with E-state index in [-0.39, 0.29) is 6.10 Å². The second kappa shape index (κ2) is 10.6. The normalized spacial score (nSPS) is 12.3. The van der Waals surface area contributed by atoms with E-state index >= 15 is 0 Å². The zero-order chi connectivity index (χ0) is 14.6. The standard InChI is InChI=1S/C16H28N2O2/c1-3-4-5-6-7-8-9-10-15(19)11-14-12-16(20-2)18-13-17-14/h12-13,15,19H,3-11H2,1-2H3. The number of ether oxygens (including phenoxy) is 1. The van der Waals surface area contributed by atoms with Crippen LogP contribution >= 0.6 is 0 Å². The van der Waals surface area contributed by atoms with E-state index in [1.807, 2.05) is 0 Å². The molecule has 1 unspecified atom stereocenters. The van der Waals surface area contributed by atoms with Crippen LogP contribution in [-0.4, -0.2) is 28.3 Å². The van der Waals surface area contributed by atoms with Gasteiger partial charge in [-0.3, -0.25) is 0 Å². The maximum Gasteiger partial charge on any atom is 0.216 e. The van der Waals surface area contributed by atoms with Gasteiger partial charge in [0.25, 0.3) is 0 Å². The minimum atomic E-state index is -0.315. The monoisotopic (exact) mass is 280 g/mol. The fourth-order valence-corrected chi connectivity index (χ4v) is 2.28. The lowest BCUT2D eigenvalue weighted by Crippen LogP contribution is -2.11. The molecule has 114 valence electrons. The lowest BCUT2D eigenvalue weighted by molar-refractivity contribution is 0.159. The Bertz CT molecular complexity index is 358. The van der Waals surface area contributed by atoms with Crippen LogP contribution in [0.1, 0.15) is 64.0 Å². The molecule has 0 radical (unpaired) electrons. The molecule has 0 fully saturated rings. The van der Waals surface area contributed by atoms with Gasteiger partial charge in [0.15, 0.2) is 0 Å². The van der Waals surface area contributed by atoms with E-state index in [2.05, 4.69) is 16.9 Å². The van der Waals surface area contributed by atoms with Crippen LogP contribution < -0.4 is 4.74 Å². The summed E-state index contributed by atoms with van der Waals surface area (Å²) in [4.78, 5) is 8.12. The Balaban J connectivity index is 2.12. The quantitative estimate of drug-likeness (QED) is 0.630. The van der Waals surface area contributed by atoms with Crippen LogP contribution in [0.2, 0.25) is 0 Å². The average Bonchev–Trinajstić information content (AvgIpc) is 2.46. The van der Waals surface area contributed by atoms with Gasteiger partial charge in [-0.1, -0.05) is 51.9 Å². The minimum Gasteiger partial charge on any atom is -0.481 e. The number of methoxy groups -OCH3 is 1. The van der Waals surface area contributed by atoms with Crippen LogP contribution in [0.25, 0.3) is 0 Å². The van der Waals surface area contributed by atoms with Gasteiger partial charge in [-0.2, -0.15) is 0 Å². The van der Waals surface area contributed by atoms with E-state index in [0.29, 0.717) is 12.3 Å². The van der Waals surface area contributed by atoms with Crippen LogP contribution in [0.4, 0.5) is 0 Å². The lowest BCUT2D eigenvalue weighted by atomic mass is 10.0. The molecule has 0 bridgehead atoms. The molecular weight excluding hydrogens is 252 g/mol.